The Bertz CT molecular complexity index is 628. The van der Waals surface area contributed by atoms with Gasteiger partial charge < -0.3 is 5.32 Å². The molecule has 0 heterocycles. The Morgan fingerprint density at radius 1 is 1.19 bits per heavy atom. The molecule has 1 atom stereocenters. The van der Waals surface area contributed by atoms with Gasteiger partial charge in [0, 0.05) is 11.1 Å². The highest BCUT2D eigenvalue weighted by molar-refractivity contribution is 6.31. The summed E-state index contributed by atoms with van der Waals surface area (Å²) in [5.41, 5.74) is 2.35. The number of likely N-dealkylation sites (N-methyl/N-ethyl adjacent to an activating group) is 1. The molecule has 0 aromatic heterocycles. The minimum atomic E-state index is -0.810. The average Bonchev–Trinajstić information content (AvgIpc) is 2.46. The summed E-state index contributed by atoms with van der Waals surface area (Å²) in [7, 11) is 0. The van der Waals surface area contributed by atoms with E-state index in [1.54, 1.807) is 6.07 Å². The predicted octanol–water partition coefficient (Wildman–Crippen LogP) is 4.82. The third-order valence-electron chi connectivity index (χ3n) is 3.49. The Balaban J connectivity index is 2.30. The highest BCUT2D eigenvalue weighted by Crippen LogP contribution is 2.25. The standard InChI is InChI=1S/C17H18ClF2N/c1-3-21-16(12-7-8-14(18)11(2)9-12)10-13-5-4-6-15(19)17(13)20/h4-9,16,21H,3,10H2,1-2H3. The minimum Gasteiger partial charge on any atom is -0.310 e. The molecular formula is C17H18ClF2N. The molecule has 4 heteroatoms. The van der Waals surface area contributed by atoms with E-state index in [9.17, 15) is 8.78 Å². The van der Waals surface area contributed by atoms with Gasteiger partial charge in [0.15, 0.2) is 11.6 Å². The van der Waals surface area contributed by atoms with Crippen molar-refractivity contribution in [3.63, 3.8) is 0 Å². The molecular weight excluding hydrogens is 292 g/mol. The van der Waals surface area contributed by atoms with Crippen molar-refractivity contribution in [1.29, 1.82) is 0 Å². The van der Waals surface area contributed by atoms with Crippen LogP contribution < -0.4 is 5.32 Å². The smallest absolute Gasteiger partial charge is 0.162 e. The molecule has 2 aromatic rings. The van der Waals surface area contributed by atoms with Crippen molar-refractivity contribution < 1.29 is 8.78 Å². The molecule has 0 aliphatic carbocycles. The molecule has 1 unspecified atom stereocenters. The van der Waals surface area contributed by atoms with E-state index in [0.717, 1.165) is 23.7 Å². The van der Waals surface area contributed by atoms with E-state index < -0.39 is 11.6 Å². The van der Waals surface area contributed by atoms with Gasteiger partial charge in [-0.25, -0.2) is 8.78 Å². The van der Waals surface area contributed by atoms with Crippen LogP contribution in [0.2, 0.25) is 5.02 Å². The number of benzene rings is 2. The van der Waals surface area contributed by atoms with Crippen molar-refractivity contribution in [3.05, 3.63) is 69.7 Å². The van der Waals surface area contributed by atoms with E-state index >= 15 is 0 Å². The van der Waals surface area contributed by atoms with Gasteiger partial charge in [0.25, 0.3) is 0 Å². The van der Waals surface area contributed by atoms with Crippen LogP contribution in [0.25, 0.3) is 0 Å². The molecule has 0 saturated carbocycles. The maximum atomic E-state index is 13.8. The Kier molecular flexibility index (Phi) is 5.32. The number of rotatable bonds is 5. The van der Waals surface area contributed by atoms with Gasteiger partial charge in [0.2, 0.25) is 0 Å². The van der Waals surface area contributed by atoms with Gasteiger partial charge in [-0.05, 0) is 48.7 Å². The maximum absolute atomic E-state index is 13.8. The van der Waals surface area contributed by atoms with Crippen LogP contribution >= 0.6 is 11.6 Å². The number of nitrogens with one attached hydrogen (secondary N) is 1. The number of halogens is 3. The lowest BCUT2D eigenvalue weighted by Gasteiger charge is -2.20. The van der Waals surface area contributed by atoms with Crippen molar-refractivity contribution in [2.75, 3.05) is 6.54 Å². The molecule has 0 radical (unpaired) electrons. The first kappa shape index (κ1) is 15.9. The van der Waals surface area contributed by atoms with Crippen molar-refractivity contribution in [3.8, 4) is 0 Å². The fourth-order valence-electron chi connectivity index (χ4n) is 2.36. The summed E-state index contributed by atoms with van der Waals surface area (Å²) in [6.45, 7) is 4.65. The third-order valence-corrected chi connectivity index (χ3v) is 3.91. The third kappa shape index (κ3) is 3.80. The molecule has 0 amide bonds. The van der Waals surface area contributed by atoms with Crippen molar-refractivity contribution >= 4 is 11.6 Å². The summed E-state index contributed by atoms with van der Waals surface area (Å²) in [5, 5.41) is 4.01. The molecule has 0 bridgehead atoms. The first-order valence-corrected chi connectivity index (χ1v) is 7.33. The van der Waals surface area contributed by atoms with Crippen LogP contribution in [0.1, 0.15) is 29.7 Å². The fourth-order valence-corrected chi connectivity index (χ4v) is 2.48. The maximum Gasteiger partial charge on any atom is 0.162 e. The SMILES string of the molecule is CCNC(Cc1cccc(F)c1F)c1ccc(Cl)c(C)c1. The van der Waals surface area contributed by atoms with Gasteiger partial charge >= 0.3 is 0 Å². The lowest BCUT2D eigenvalue weighted by Crippen LogP contribution is -2.23. The van der Waals surface area contributed by atoms with Gasteiger partial charge in [-0.1, -0.05) is 42.8 Å². The number of hydrogen-bond donors (Lipinski definition) is 1. The lowest BCUT2D eigenvalue weighted by atomic mass is 9.97. The van der Waals surface area contributed by atoms with Crippen LogP contribution in [0.5, 0.6) is 0 Å². The highest BCUT2D eigenvalue weighted by Gasteiger charge is 2.16. The normalized spacial score (nSPS) is 12.4. The van der Waals surface area contributed by atoms with Gasteiger partial charge in [-0.2, -0.15) is 0 Å². The van der Waals surface area contributed by atoms with E-state index in [4.69, 9.17) is 11.6 Å². The minimum absolute atomic E-state index is 0.0812. The monoisotopic (exact) mass is 309 g/mol. The first-order chi connectivity index (χ1) is 10.0. The summed E-state index contributed by atoms with van der Waals surface area (Å²) in [4.78, 5) is 0. The van der Waals surface area contributed by atoms with Crippen LogP contribution in [0.15, 0.2) is 36.4 Å². The molecule has 0 spiro atoms. The summed E-state index contributed by atoms with van der Waals surface area (Å²) >= 11 is 6.04. The van der Waals surface area contributed by atoms with Crippen molar-refractivity contribution in [1.82, 2.24) is 5.32 Å². The van der Waals surface area contributed by atoms with Crippen LogP contribution in [-0.2, 0) is 6.42 Å². The molecule has 1 N–H and O–H groups in total. The van der Waals surface area contributed by atoms with E-state index in [2.05, 4.69) is 5.32 Å². The summed E-state index contributed by atoms with van der Waals surface area (Å²) in [6.07, 6.45) is 0.387. The van der Waals surface area contributed by atoms with Crippen molar-refractivity contribution in [2.24, 2.45) is 0 Å². The largest absolute Gasteiger partial charge is 0.310 e. The van der Waals surface area contributed by atoms with Crippen LogP contribution in [0, 0.1) is 18.6 Å². The van der Waals surface area contributed by atoms with E-state index in [0.29, 0.717) is 17.0 Å². The Labute approximate surface area is 128 Å². The molecule has 21 heavy (non-hydrogen) atoms. The van der Waals surface area contributed by atoms with Gasteiger partial charge in [-0.15, -0.1) is 0 Å². The summed E-state index contributed by atoms with van der Waals surface area (Å²) < 4.78 is 27.2. The summed E-state index contributed by atoms with van der Waals surface area (Å²) in [5.74, 6) is -1.58. The van der Waals surface area contributed by atoms with Gasteiger partial charge in [-0.3, -0.25) is 0 Å². The summed E-state index contributed by atoms with van der Waals surface area (Å²) in [6, 6.07) is 9.93. The molecule has 2 aromatic carbocycles. The van der Waals surface area contributed by atoms with Gasteiger partial charge in [0.1, 0.15) is 0 Å². The zero-order chi connectivity index (χ0) is 15.4. The fraction of sp³-hybridized carbons (Fsp3) is 0.294. The molecule has 112 valence electrons. The zero-order valence-corrected chi connectivity index (χ0v) is 12.8. The van der Waals surface area contributed by atoms with Crippen LogP contribution in [0.4, 0.5) is 8.78 Å². The topological polar surface area (TPSA) is 12.0 Å². The molecule has 0 fully saturated rings. The van der Waals surface area contributed by atoms with Crippen LogP contribution in [0.3, 0.4) is 0 Å². The molecule has 1 nitrogen and oxygen atoms in total. The molecule has 0 saturated heterocycles. The Hall–Kier alpha value is -1.45. The van der Waals surface area contributed by atoms with E-state index in [-0.39, 0.29) is 6.04 Å². The van der Waals surface area contributed by atoms with E-state index in [1.807, 2.05) is 32.0 Å². The van der Waals surface area contributed by atoms with Crippen molar-refractivity contribution in [2.45, 2.75) is 26.3 Å². The highest BCUT2D eigenvalue weighted by atomic mass is 35.5. The average molecular weight is 310 g/mol. The first-order valence-electron chi connectivity index (χ1n) is 6.95. The van der Waals surface area contributed by atoms with E-state index in [1.165, 1.54) is 6.07 Å². The lowest BCUT2D eigenvalue weighted by molar-refractivity contribution is 0.481. The van der Waals surface area contributed by atoms with Crippen LogP contribution in [-0.4, -0.2) is 6.54 Å². The second-order valence-corrected chi connectivity index (χ2v) is 5.44. The molecule has 2 rings (SSSR count). The quantitative estimate of drug-likeness (QED) is 0.835. The second kappa shape index (κ2) is 7.01. The second-order valence-electron chi connectivity index (χ2n) is 5.04. The molecule has 0 aliphatic heterocycles. The molecule has 0 aliphatic rings. The number of hydrogen-bond acceptors (Lipinski definition) is 1. The number of aryl methyl sites for hydroxylation is 1. The zero-order valence-electron chi connectivity index (χ0n) is 12.1. The Morgan fingerprint density at radius 2 is 1.95 bits per heavy atom. The predicted molar refractivity (Wildman–Crippen MR) is 82.7 cm³/mol. The van der Waals surface area contributed by atoms with Gasteiger partial charge in [0.05, 0.1) is 0 Å². The Morgan fingerprint density at radius 3 is 2.62 bits per heavy atom.